The maximum absolute atomic E-state index is 12.1. The number of aryl methyl sites for hydroxylation is 1. The number of benzene rings is 1. The molecule has 5 heteroatoms. The Balaban J connectivity index is 2.00. The Morgan fingerprint density at radius 3 is 2.32 bits per heavy atom. The predicted octanol–water partition coefficient (Wildman–Crippen LogP) is 1.74. The lowest BCUT2D eigenvalue weighted by molar-refractivity contribution is -0.118. The first-order chi connectivity index (χ1) is 8.83. The van der Waals surface area contributed by atoms with Crippen LogP contribution >= 0.6 is 0 Å². The van der Waals surface area contributed by atoms with Crippen LogP contribution in [-0.2, 0) is 14.8 Å². The van der Waals surface area contributed by atoms with E-state index in [0.29, 0.717) is 6.54 Å². The van der Waals surface area contributed by atoms with Crippen molar-refractivity contribution in [3.63, 3.8) is 0 Å². The highest BCUT2D eigenvalue weighted by Crippen LogP contribution is 2.46. The Labute approximate surface area is 114 Å². The lowest BCUT2D eigenvalue weighted by Crippen LogP contribution is -2.26. The number of hydrogen-bond acceptors (Lipinski definition) is 3. The summed E-state index contributed by atoms with van der Waals surface area (Å²) < 4.78 is 26.7. The Kier molecular flexibility index (Phi) is 3.78. The molecule has 104 valence electrons. The molecule has 19 heavy (non-hydrogen) atoms. The van der Waals surface area contributed by atoms with Crippen LogP contribution in [0, 0.1) is 24.7 Å². The van der Waals surface area contributed by atoms with Gasteiger partial charge in [-0.15, -0.1) is 0 Å². The molecule has 2 rings (SSSR count). The van der Waals surface area contributed by atoms with Gasteiger partial charge < -0.3 is 0 Å². The molecule has 1 saturated carbocycles. The minimum Gasteiger partial charge on any atom is -0.300 e. The van der Waals surface area contributed by atoms with Crippen molar-refractivity contribution in [2.24, 2.45) is 17.8 Å². The number of hydrogen-bond donors (Lipinski definition) is 1. The van der Waals surface area contributed by atoms with Crippen LogP contribution in [0.3, 0.4) is 0 Å². The quantitative estimate of drug-likeness (QED) is 0.894. The van der Waals surface area contributed by atoms with Crippen LogP contribution in [0.5, 0.6) is 0 Å². The van der Waals surface area contributed by atoms with Gasteiger partial charge in [-0.2, -0.15) is 0 Å². The van der Waals surface area contributed by atoms with E-state index in [1.54, 1.807) is 31.2 Å². The normalized spacial score (nSPS) is 26.2. The van der Waals surface area contributed by atoms with Gasteiger partial charge in [0.15, 0.2) is 0 Å². The van der Waals surface area contributed by atoms with Gasteiger partial charge >= 0.3 is 0 Å². The van der Waals surface area contributed by atoms with Crippen LogP contribution in [0.2, 0.25) is 0 Å². The Morgan fingerprint density at radius 1 is 1.26 bits per heavy atom. The van der Waals surface area contributed by atoms with Gasteiger partial charge in [0.25, 0.3) is 0 Å². The van der Waals surface area contributed by atoms with E-state index >= 15 is 0 Å². The van der Waals surface area contributed by atoms with E-state index in [-0.39, 0.29) is 28.4 Å². The Morgan fingerprint density at radius 2 is 1.84 bits per heavy atom. The fourth-order valence-corrected chi connectivity index (χ4v) is 3.61. The molecule has 4 nitrogen and oxygen atoms in total. The van der Waals surface area contributed by atoms with Crippen molar-refractivity contribution in [2.75, 3.05) is 6.54 Å². The topological polar surface area (TPSA) is 63.2 Å². The standard InChI is InChI=1S/C14H19NO3S/c1-9-4-6-12(7-5-9)19(17,18)15-8-13-10(2)14(13)11(3)16/h4-7,10,13-15H,8H2,1-3H3/t10-,13-,14-/m0/s1. The number of rotatable bonds is 5. The van der Waals surface area contributed by atoms with Crippen LogP contribution in [0.1, 0.15) is 19.4 Å². The van der Waals surface area contributed by atoms with E-state index in [1.807, 2.05) is 13.8 Å². The molecule has 1 fully saturated rings. The molecule has 1 N–H and O–H groups in total. The number of carbonyl (C=O) groups excluding carboxylic acids is 1. The van der Waals surface area contributed by atoms with Crippen molar-refractivity contribution >= 4 is 15.8 Å². The van der Waals surface area contributed by atoms with Crippen LogP contribution in [0.4, 0.5) is 0 Å². The summed E-state index contributed by atoms with van der Waals surface area (Å²) in [6.45, 7) is 5.79. The molecular weight excluding hydrogens is 262 g/mol. The van der Waals surface area contributed by atoms with Crippen LogP contribution in [0.15, 0.2) is 29.2 Å². The lowest BCUT2D eigenvalue weighted by Gasteiger charge is -2.06. The summed E-state index contributed by atoms with van der Waals surface area (Å²) in [7, 11) is -3.47. The second-order valence-corrected chi connectivity index (χ2v) is 7.09. The zero-order chi connectivity index (χ0) is 14.2. The molecule has 0 aliphatic heterocycles. The molecule has 0 amide bonds. The SMILES string of the molecule is CC(=O)[C@@H]1[C@@H](C)[C@@H]1CNS(=O)(=O)c1ccc(C)cc1. The maximum Gasteiger partial charge on any atom is 0.240 e. The minimum atomic E-state index is -3.47. The van der Waals surface area contributed by atoms with Gasteiger partial charge in [0.2, 0.25) is 10.0 Å². The summed E-state index contributed by atoms with van der Waals surface area (Å²) in [4.78, 5) is 11.6. The van der Waals surface area contributed by atoms with E-state index in [1.165, 1.54) is 0 Å². The average Bonchev–Trinajstić information content (AvgIpc) is 2.98. The van der Waals surface area contributed by atoms with E-state index in [9.17, 15) is 13.2 Å². The molecule has 3 atom stereocenters. The predicted molar refractivity (Wildman–Crippen MR) is 73.2 cm³/mol. The molecule has 0 heterocycles. The number of nitrogens with one attached hydrogen (secondary N) is 1. The van der Waals surface area contributed by atoms with Gasteiger partial charge in [0.1, 0.15) is 5.78 Å². The second kappa shape index (κ2) is 5.06. The second-order valence-electron chi connectivity index (χ2n) is 5.32. The molecule has 1 aliphatic rings. The van der Waals surface area contributed by atoms with E-state index < -0.39 is 10.0 Å². The van der Waals surface area contributed by atoms with Crippen LogP contribution in [-0.4, -0.2) is 20.7 Å². The number of Topliss-reactive ketones (excluding diaryl/α,β-unsaturated/α-hetero) is 1. The van der Waals surface area contributed by atoms with Crippen LogP contribution < -0.4 is 4.72 Å². The Bertz CT molecular complexity index is 577. The summed E-state index contributed by atoms with van der Waals surface area (Å²) in [5.41, 5.74) is 1.02. The molecule has 0 unspecified atom stereocenters. The van der Waals surface area contributed by atoms with E-state index in [2.05, 4.69) is 4.72 Å². The van der Waals surface area contributed by atoms with Crippen molar-refractivity contribution in [1.82, 2.24) is 4.72 Å². The smallest absolute Gasteiger partial charge is 0.240 e. The first kappa shape index (κ1) is 14.2. The lowest BCUT2D eigenvalue weighted by atomic mass is 10.2. The van der Waals surface area contributed by atoms with Crippen molar-refractivity contribution < 1.29 is 13.2 Å². The molecule has 0 radical (unpaired) electrons. The molecule has 0 aromatic heterocycles. The van der Waals surface area contributed by atoms with Gasteiger partial charge in [0.05, 0.1) is 4.90 Å². The molecule has 0 spiro atoms. The first-order valence-electron chi connectivity index (χ1n) is 6.39. The summed E-state index contributed by atoms with van der Waals surface area (Å²) in [5, 5.41) is 0. The first-order valence-corrected chi connectivity index (χ1v) is 7.88. The van der Waals surface area contributed by atoms with Crippen molar-refractivity contribution in [3.8, 4) is 0 Å². The molecular formula is C14H19NO3S. The average molecular weight is 281 g/mol. The van der Waals surface area contributed by atoms with Crippen molar-refractivity contribution in [2.45, 2.75) is 25.7 Å². The Hall–Kier alpha value is -1.20. The van der Waals surface area contributed by atoms with Gasteiger partial charge in [-0.3, -0.25) is 4.79 Å². The largest absolute Gasteiger partial charge is 0.300 e. The number of ketones is 1. The van der Waals surface area contributed by atoms with Gasteiger partial charge in [-0.25, -0.2) is 13.1 Å². The fraction of sp³-hybridized carbons (Fsp3) is 0.500. The zero-order valence-electron chi connectivity index (χ0n) is 11.4. The summed E-state index contributed by atoms with van der Waals surface area (Å²) in [6, 6.07) is 6.73. The highest BCUT2D eigenvalue weighted by molar-refractivity contribution is 7.89. The molecule has 0 bridgehead atoms. The van der Waals surface area contributed by atoms with Gasteiger partial charge in [-0.1, -0.05) is 24.6 Å². The minimum absolute atomic E-state index is 0.0146. The summed E-state index contributed by atoms with van der Waals surface area (Å²) in [6.07, 6.45) is 0. The van der Waals surface area contributed by atoms with Gasteiger partial charge in [-0.05, 0) is 37.8 Å². The summed E-state index contributed by atoms with van der Waals surface area (Å²) in [5.74, 6) is 0.573. The van der Waals surface area contributed by atoms with Crippen LogP contribution in [0.25, 0.3) is 0 Å². The monoisotopic (exact) mass is 281 g/mol. The molecule has 1 aliphatic carbocycles. The van der Waals surface area contributed by atoms with E-state index in [4.69, 9.17) is 0 Å². The molecule has 1 aromatic carbocycles. The third kappa shape index (κ3) is 3.04. The van der Waals surface area contributed by atoms with Crippen molar-refractivity contribution in [1.29, 1.82) is 0 Å². The highest BCUT2D eigenvalue weighted by atomic mass is 32.2. The third-order valence-electron chi connectivity index (χ3n) is 3.87. The molecule has 1 aromatic rings. The fourth-order valence-electron chi connectivity index (χ4n) is 2.54. The van der Waals surface area contributed by atoms with E-state index in [0.717, 1.165) is 5.56 Å². The number of sulfonamides is 1. The molecule has 0 saturated heterocycles. The number of carbonyl (C=O) groups is 1. The third-order valence-corrected chi connectivity index (χ3v) is 5.31. The maximum atomic E-state index is 12.1. The summed E-state index contributed by atoms with van der Waals surface area (Å²) >= 11 is 0. The van der Waals surface area contributed by atoms with Crippen molar-refractivity contribution in [3.05, 3.63) is 29.8 Å². The van der Waals surface area contributed by atoms with Gasteiger partial charge in [0, 0.05) is 12.5 Å². The highest BCUT2D eigenvalue weighted by Gasteiger charge is 2.49. The zero-order valence-corrected chi connectivity index (χ0v) is 12.2.